The first-order valence-electron chi connectivity index (χ1n) is 11.8. The molecule has 5 aromatic rings. The van der Waals surface area contributed by atoms with Gasteiger partial charge in [0.05, 0.1) is 17.0 Å². The molecule has 36 heavy (non-hydrogen) atoms. The average Bonchev–Trinajstić information content (AvgIpc) is 3.19. The van der Waals surface area contributed by atoms with Crippen LogP contribution in [0.2, 0.25) is 0 Å². The van der Waals surface area contributed by atoms with Crippen molar-refractivity contribution in [2.45, 2.75) is 19.9 Å². The summed E-state index contributed by atoms with van der Waals surface area (Å²) in [5, 5.41) is 0.452. The van der Waals surface area contributed by atoms with Crippen molar-refractivity contribution in [3.05, 3.63) is 135 Å². The van der Waals surface area contributed by atoms with Gasteiger partial charge in [0, 0.05) is 5.69 Å². The molecule has 0 fully saturated rings. The minimum Gasteiger partial charge on any atom is -0.457 e. The van der Waals surface area contributed by atoms with E-state index in [-0.39, 0.29) is 17.1 Å². The Morgan fingerprint density at radius 2 is 1.50 bits per heavy atom. The number of benzene rings is 4. The lowest BCUT2D eigenvalue weighted by Gasteiger charge is -2.26. The minimum atomic E-state index is -0.658. The van der Waals surface area contributed by atoms with E-state index in [0.717, 1.165) is 16.7 Å². The van der Waals surface area contributed by atoms with Gasteiger partial charge in [0.25, 0.3) is 5.91 Å². The number of carbonyl (C=O) groups excluding carboxylic acids is 1. The van der Waals surface area contributed by atoms with Gasteiger partial charge >= 0.3 is 0 Å². The highest BCUT2D eigenvalue weighted by Crippen LogP contribution is 2.42. The van der Waals surface area contributed by atoms with Crippen molar-refractivity contribution in [3.8, 4) is 11.5 Å². The van der Waals surface area contributed by atoms with Crippen molar-refractivity contribution in [2.24, 2.45) is 0 Å². The SMILES string of the molecule is Cc1ccc(N2C(=O)c3oc4ccccc4c(=O)c3C2c2cccc(Oc3ccccc3)c2)cc1C. The van der Waals surface area contributed by atoms with Crippen LogP contribution in [0.4, 0.5) is 5.69 Å². The third kappa shape index (κ3) is 3.57. The number of para-hydroxylation sites is 2. The van der Waals surface area contributed by atoms with Crippen molar-refractivity contribution in [1.29, 1.82) is 0 Å². The summed E-state index contributed by atoms with van der Waals surface area (Å²) in [7, 11) is 0. The lowest BCUT2D eigenvalue weighted by Crippen LogP contribution is -2.29. The molecule has 176 valence electrons. The van der Waals surface area contributed by atoms with Gasteiger partial charge in [-0.3, -0.25) is 14.5 Å². The Balaban J connectivity index is 1.56. The van der Waals surface area contributed by atoms with Crippen molar-refractivity contribution in [3.63, 3.8) is 0 Å². The first-order chi connectivity index (χ1) is 17.5. The van der Waals surface area contributed by atoms with Crippen LogP contribution in [0.15, 0.2) is 106 Å². The normalized spacial score (nSPS) is 14.8. The number of hydrogen-bond donors (Lipinski definition) is 0. The van der Waals surface area contributed by atoms with E-state index in [1.807, 2.05) is 86.6 Å². The van der Waals surface area contributed by atoms with Crippen LogP contribution in [0.3, 0.4) is 0 Å². The Hall–Kier alpha value is -4.64. The van der Waals surface area contributed by atoms with Crippen LogP contribution in [-0.2, 0) is 0 Å². The highest BCUT2D eigenvalue weighted by atomic mass is 16.5. The Morgan fingerprint density at radius 1 is 0.750 bits per heavy atom. The van der Waals surface area contributed by atoms with Crippen LogP contribution in [0.25, 0.3) is 11.0 Å². The molecule has 0 bridgehead atoms. The topological polar surface area (TPSA) is 59.8 Å². The molecule has 5 nitrogen and oxygen atoms in total. The molecule has 4 aromatic carbocycles. The molecule has 1 amide bonds. The van der Waals surface area contributed by atoms with Gasteiger partial charge in [-0.15, -0.1) is 0 Å². The molecular formula is C31H23NO4. The summed E-state index contributed by atoms with van der Waals surface area (Å²) in [5.74, 6) is 1.06. The molecule has 1 aromatic heterocycles. The van der Waals surface area contributed by atoms with Gasteiger partial charge < -0.3 is 9.15 Å². The molecule has 0 saturated heterocycles. The zero-order valence-corrected chi connectivity index (χ0v) is 19.9. The third-order valence-electron chi connectivity index (χ3n) is 6.70. The monoisotopic (exact) mass is 473 g/mol. The minimum absolute atomic E-state index is 0.0799. The van der Waals surface area contributed by atoms with E-state index in [0.29, 0.717) is 33.7 Å². The Morgan fingerprint density at radius 3 is 2.31 bits per heavy atom. The van der Waals surface area contributed by atoms with E-state index in [1.165, 1.54) is 0 Å². The maximum absolute atomic E-state index is 13.8. The van der Waals surface area contributed by atoms with E-state index >= 15 is 0 Å². The molecule has 0 N–H and O–H groups in total. The number of anilines is 1. The molecular weight excluding hydrogens is 450 g/mol. The number of nitrogens with zero attached hydrogens (tertiary/aromatic N) is 1. The van der Waals surface area contributed by atoms with E-state index in [9.17, 15) is 9.59 Å². The Kier molecular flexibility index (Phi) is 5.19. The fourth-order valence-corrected chi connectivity index (χ4v) is 4.75. The molecule has 0 radical (unpaired) electrons. The van der Waals surface area contributed by atoms with Crippen LogP contribution >= 0.6 is 0 Å². The molecule has 0 saturated carbocycles. The quantitative estimate of drug-likeness (QED) is 0.283. The lowest BCUT2D eigenvalue weighted by molar-refractivity contribution is 0.0971. The van der Waals surface area contributed by atoms with Gasteiger partial charge in [-0.25, -0.2) is 0 Å². The predicted octanol–water partition coefficient (Wildman–Crippen LogP) is 6.95. The summed E-state index contributed by atoms with van der Waals surface area (Å²) >= 11 is 0. The molecule has 6 rings (SSSR count). The molecule has 1 unspecified atom stereocenters. The van der Waals surface area contributed by atoms with E-state index in [2.05, 4.69) is 0 Å². The van der Waals surface area contributed by atoms with Crippen molar-refractivity contribution in [1.82, 2.24) is 0 Å². The number of aryl methyl sites for hydroxylation is 2. The van der Waals surface area contributed by atoms with Crippen molar-refractivity contribution in [2.75, 3.05) is 4.90 Å². The van der Waals surface area contributed by atoms with E-state index in [1.54, 1.807) is 29.2 Å². The zero-order valence-electron chi connectivity index (χ0n) is 19.9. The molecule has 1 atom stereocenters. The van der Waals surface area contributed by atoms with E-state index < -0.39 is 6.04 Å². The lowest BCUT2D eigenvalue weighted by atomic mass is 9.97. The maximum atomic E-state index is 13.8. The second-order valence-corrected chi connectivity index (χ2v) is 9.00. The van der Waals surface area contributed by atoms with Gasteiger partial charge in [-0.05, 0) is 79.1 Å². The van der Waals surface area contributed by atoms with Gasteiger partial charge in [-0.2, -0.15) is 0 Å². The van der Waals surface area contributed by atoms with Crippen LogP contribution in [-0.4, -0.2) is 5.91 Å². The largest absolute Gasteiger partial charge is 0.457 e. The number of fused-ring (bicyclic) bond motifs is 2. The highest BCUT2D eigenvalue weighted by Gasteiger charge is 2.43. The van der Waals surface area contributed by atoms with Crippen LogP contribution < -0.4 is 15.1 Å². The summed E-state index contributed by atoms with van der Waals surface area (Å²) < 4.78 is 12.1. The highest BCUT2D eigenvalue weighted by molar-refractivity contribution is 6.10. The summed E-state index contributed by atoms with van der Waals surface area (Å²) in [5.41, 5.74) is 4.18. The van der Waals surface area contributed by atoms with E-state index in [4.69, 9.17) is 9.15 Å². The molecule has 0 aliphatic carbocycles. The smallest absolute Gasteiger partial charge is 0.295 e. The molecule has 2 heterocycles. The van der Waals surface area contributed by atoms with Gasteiger partial charge in [-0.1, -0.05) is 48.5 Å². The fourth-order valence-electron chi connectivity index (χ4n) is 4.75. The maximum Gasteiger partial charge on any atom is 0.295 e. The van der Waals surface area contributed by atoms with Crippen LogP contribution in [0, 0.1) is 13.8 Å². The number of ether oxygens (including phenoxy) is 1. The first-order valence-corrected chi connectivity index (χ1v) is 11.8. The zero-order chi connectivity index (χ0) is 24.8. The third-order valence-corrected chi connectivity index (χ3v) is 6.70. The summed E-state index contributed by atoms with van der Waals surface area (Å²) in [6.45, 7) is 4.03. The number of rotatable bonds is 4. The summed E-state index contributed by atoms with van der Waals surface area (Å²) in [4.78, 5) is 29.2. The average molecular weight is 474 g/mol. The second-order valence-electron chi connectivity index (χ2n) is 9.00. The standard InChI is InChI=1S/C31H23NO4/c1-19-15-16-22(17-20(19)2)32-28(21-9-8-12-24(18-21)35-23-10-4-3-5-11-23)27-29(33)25-13-6-7-14-26(25)36-30(27)31(32)34/h3-18,28H,1-2H3. The summed E-state index contributed by atoms with van der Waals surface area (Å²) in [6.07, 6.45) is 0. The predicted molar refractivity (Wildman–Crippen MR) is 140 cm³/mol. The Bertz CT molecular complexity index is 1690. The molecule has 1 aliphatic heterocycles. The first kappa shape index (κ1) is 21.9. The number of amides is 1. The van der Waals surface area contributed by atoms with Crippen LogP contribution in [0.1, 0.15) is 38.9 Å². The molecule has 1 aliphatic rings. The summed E-state index contributed by atoms with van der Waals surface area (Å²) in [6, 6.07) is 29.3. The van der Waals surface area contributed by atoms with Crippen molar-refractivity contribution < 1.29 is 13.9 Å². The van der Waals surface area contributed by atoms with Crippen LogP contribution in [0.5, 0.6) is 11.5 Å². The van der Waals surface area contributed by atoms with Crippen molar-refractivity contribution >= 4 is 22.6 Å². The number of hydrogen-bond acceptors (Lipinski definition) is 4. The molecule has 5 heteroatoms. The van der Waals surface area contributed by atoms with Gasteiger partial charge in [0.15, 0.2) is 5.43 Å². The number of carbonyl (C=O) groups is 1. The Labute approximate surface area is 208 Å². The second kappa shape index (κ2) is 8.54. The fraction of sp³-hybridized carbons (Fsp3) is 0.0968. The van der Waals surface area contributed by atoms with Gasteiger partial charge in [0.1, 0.15) is 17.1 Å². The molecule has 0 spiro atoms. The van der Waals surface area contributed by atoms with Gasteiger partial charge in [0.2, 0.25) is 5.76 Å².